The molecule has 2 aromatic rings. The molecule has 110 valence electrons. The minimum atomic E-state index is -9.71. The molecule has 1 aromatic carbocycles. The van der Waals surface area contributed by atoms with Gasteiger partial charge in [-0.15, -0.1) is 0 Å². The molecule has 0 bridgehead atoms. The molecular formula is C11H8BrF5N2S. The van der Waals surface area contributed by atoms with Gasteiger partial charge in [0.2, 0.25) is 0 Å². The maximum absolute atomic E-state index is 12.5. The summed E-state index contributed by atoms with van der Waals surface area (Å²) in [7, 11) is -9.71. The van der Waals surface area contributed by atoms with E-state index in [1.165, 1.54) is 0 Å². The quantitative estimate of drug-likeness (QED) is 0.642. The monoisotopic (exact) mass is 374 g/mol. The molecule has 1 aromatic heterocycles. The fourth-order valence-electron chi connectivity index (χ4n) is 1.40. The third kappa shape index (κ3) is 3.60. The summed E-state index contributed by atoms with van der Waals surface area (Å²) in [6, 6.07) is 8.02. The lowest BCUT2D eigenvalue weighted by molar-refractivity contribution is 0.358. The Hall–Kier alpha value is -1.35. The summed E-state index contributed by atoms with van der Waals surface area (Å²) in [6.07, 6.45) is 0.715. The molecule has 0 amide bonds. The molecule has 1 heterocycles. The van der Waals surface area contributed by atoms with Crippen molar-refractivity contribution in [2.24, 2.45) is 0 Å². The molecule has 0 radical (unpaired) electrons. The van der Waals surface area contributed by atoms with E-state index in [4.69, 9.17) is 0 Å². The van der Waals surface area contributed by atoms with Crippen molar-refractivity contribution in [2.45, 2.75) is 5.03 Å². The van der Waals surface area contributed by atoms with Crippen molar-refractivity contribution in [2.75, 3.05) is 5.32 Å². The minimum Gasteiger partial charge on any atom is -0.353 e. The van der Waals surface area contributed by atoms with Crippen molar-refractivity contribution in [3.05, 3.63) is 47.1 Å². The SMILES string of the molecule is FS(F)(F)(F)(F)c1ccc(Nc2ccccc2Br)cn1. The van der Waals surface area contributed by atoms with Crippen molar-refractivity contribution in [3.63, 3.8) is 0 Å². The first-order chi connectivity index (χ1) is 8.95. The predicted molar refractivity (Wildman–Crippen MR) is 73.1 cm³/mol. The summed E-state index contributed by atoms with van der Waals surface area (Å²) in [4.78, 5) is 2.82. The molecule has 2 rings (SSSR count). The Morgan fingerprint density at radius 2 is 1.60 bits per heavy atom. The maximum Gasteiger partial charge on any atom is 0.325 e. The average Bonchev–Trinajstić information content (AvgIpc) is 2.30. The van der Waals surface area contributed by atoms with Gasteiger partial charge in [0.25, 0.3) is 0 Å². The fourth-order valence-corrected chi connectivity index (χ4v) is 2.36. The lowest BCUT2D eigenvalue weighted by Gasteiger charge is -2.39. The summed E-state index contributed by atoms with van der Waals surface area (Å²) < 4.78 is 63.1. The Kier molecular flexibility index (Phi) is 3.07. The van der Waals surface area contributed by atoms with Crippen LogP contribution in [0.3, 0.4) is 0 Å². The lowest BCUT2D eigenvalue weighted by Crippen LogP contribution is -2.08. The van der Waals surface area contributed by atoms with Crippen LogP contribution in [0.2, 0.25) is 0 Å². The molecule has 20 heavy (non-hydrogen) atoms. The van der Waals surface area contributed by atoms with Gasteiger partial charge in [-0.05, 0) is 40.2 Å². The molecule has 0 unspecified atom stereocenters. The van der Waals surface area contributed by atoms with Crippen molar-refractivity contribution in [1.82, 2.24) is 4.98 Å². The van der Waals surface area contributed by atoms with Crippen LogP contribution < -0.4 is 5.32 Å². The van der Waals surface area contributed by atoms with Crippen LogP contribution in [0, 0.1) is 0 Å². The summed E-state index contributed by atoms with van der Waals surface area (Å²) in [5, 5.41) is 0.617. The van der Waals surface area contributed by atoms with Crippen LogP contribution in [-0.4, -0.2) is 4.98 Å². The first-order valence-corrected chi connectivity index (χ1v) is 7.92. The van der Waals surface area contributed by atoms with Crippen LogP contribution >= 0.6 is 26.2 Å². The number of pyridine rings is 1. The van der Waals surface area contributed by atoms with E-state index >= 15 is 0 Å². The van der Waals surface area contributed by atoms with Crippen LogP contribution in [0.5, 0.6) is 0 Å². The van der Waals surface area contributed by atoms with Gasteiger partial charge in [-0.25, -0.2) is 4.98 Å². The van der Waals surface area contributed by atoms with Gasteiger partial charge in [-0.3, -0.25) is 0 Å². The Balaban J connectivity index is 2.29. The third-order valence-corrected chi connectivity index (χ3v) is 4.01. The van der Waals surface area contributed by atoms with E-state index in [0.29, 0.717) is 16.4 Å². The Morgan fingerprint density at radius 1 is 0.950 bits per heavy atom. The number of halogens is 6. The van der Waals surface area contributed by atoms with E-state index in [1.807, 2.05) is 0 Å². The Bertz CT molecular complexity index is 642. The Morgan fingerprint density at radius 3 is 2.10 bits per heavy atom. The summed E-state index contributed by atoms with van der Waals surface area (Å²) in [5.41, 5.74) is 0.747. The summed E-state index contributed by atoms with van der Waals surface area (Å²) >= 11 is 3.24. The topological polar surface area (TPSA) is 24.9 Å². The molecule has 2 nitrogen and oxygen atoms in total. The number of nitrogens with zero attached hydrogens (tertiary/aromatic N) is 1. The molecule has 0 saturated carbocycles. The first-order valence-electron chi connectivity index (χ1n) is 5.17. The number of anilines is 2. The molecule has 0 atom stereocenters. The van der Waals surface area contributed by atoms with Crippen LogP contribution in [0.1, 0.15) is 0 Å². The molecule has 0 spiro atoms. The van der Waals surface area contributed by atoms with Gasteiger partial charge in [0, 0.05) is 4.47 Å². The first kappa shape index (κ1) is 15.0. The molecule has 0 aliphatic carbocycles. The van der Waals surface area contributed by atoms with Gasteiger partial charge in [0.15, 0.2) is 5.03 Å². The van der Waals surface area contributed by atoms with Gasteiger partial charge < -0.3 is 5.32 Å². The second kappa shape index (κ2) is 4.08. The largest absolute Gasteiger partial charge is 0.353 e. The van der Waals surface area contributed by atoms with Crippen LogP contribution in [0.15, 0.2) is 52.1 Å². The van der Waals surface area contributed by atoms with Gasteiger partial charge in [-0.2, -0.15) is 0 Å². The van der Waals surface area contributed by atoms with Gasteiger partial charge >= 0.3 is 10.2 Å². The zero-order chi connectivity index (χ0) is 15.1. The second-order valence-electron chi connectivity index (χ2n) is 3.96. The number of hydrogen-bond donors (Lipinski definition) is 1. The van der Waals surface area contributed by atoms with Gasteiger partial charge in [0.05, 0.1) is 17.6 Å². The highest BCUT2D eigenvalue weighted by molar-refractivity contribution is 9.10. The molecule has 9 heteroatoms. The van der Waals surface area contributed by atoms with E-state index in [2.05, 4.69) is 26.2 Å². The zero-order valence-electron chi connectivity index (χ0n) is 9.66. The minimum absolute atomic E-state index is 0.169. The normalized spacial score (nSPS) is 15.3. The van der Waals surface area contributed by atoms with Gasteiger partial charge in [0.1, 0.15) is 0 Å². The predicted octanol–water partition coefficient (Wildman–Crippen LogP) is 6.25. The van der Waals surface area contributed by atoms with E-state index in [0.717, 1.165) is 6.07 Å². The number of benzene rings is 1. The fraction of sp³-hybridized carbons (Fsp3) is 0. The van der Waals surface area contributed by atoms with E-state index in [9.17, 15) is 19.4 Å². The van der Waals surface area contributed by atoms with E-state index in [-0.39, 0.29) is 11.8 Å². The zero-order valence-corrected chi connectivity index (χ0v) is 12.1. The molecule has 1 N–H and O–H groups in total. The van der Waals surface area contributed by atoms with Crippen LogP contribution in [0.4, 0.5) is 30.8 Å². The highest BCUT2D eigenvalue weighted by Gasteiger charge is 2.67. The molecule has 0 aliphatic rings. The highest BCUT2D eigenvalue weighted by atomic mass is 79.9. The molecule has 0 saturated heterocycles. The number of nitrogens with one attached hydrogen (secondary N) is 1. The van der Waals surface area contributed by atoms with Gasteiger partial charge in [-0.1, -0.05) is 31.6 Å². The summed E-state index contributed by atoms with van der Waals surface area (Å²) in [5.74, 6) is 0. The van der Waals surface area contributed by atoms with Crippen LogP contribution in [-0.2, 0) is 0 Å². The highest BCUT2D eigenvalue weighted by Crippen LogP contribution is 3.01. The number of hydrogen-bond acceptors (Lipinski definition) is 2. The number of rotatable bonds is 3. The van der Waals surface area contributed by atoms with Crippen molar-refractivity contribution in [3.8, 4) is 0 Å². The Labute approximate surface area is 119 Å². The summed E-state index contributed by atoms with van der Waals surface area (Å²) in [6.45, 7) is 0. The maximum atomic E-state index is 12.5. The van der Waals surface area contributed by atoms with E-state index in [1.54, 1.807) is 24.3 Å². The smallest absolute Gasteiger partial charge is 0.325 e. The van der Waals surface area contributed by atoms with Crippen molar-refractivity contribution >= 4 is 37.5 Å². The van der Waals surface area contributed by atoms with E-state index < -0.39 is 15.3 Å². The molecule has 0 fully saturated rings. The average molecular weight is 375 g/mol. The van der Waals surface area contributed by atoms with Crippen molar-refractivity contribution < 1.29 is 19.4 Å². The number of para-hydroxylation sites is 1. The third-order valence-electron chi connectivity index (χ3n) is 2.28. The van der Waals surface area contributed by atoms with Crippen molar-refractivity contribution in [1.29, 1.82) is 0 Å². The standard InChI is InChI=1S/C11H8BrF5N2S/c12-9-3-1-2-4-10(9)19-8-5-6-11(18-7-8)20(13,14,15,16)17/h1-7,19H. The number of aromatic nitrogens is 1. The molecule has 0 aliphatic heterocycles. The second-order valence-corrected chi connectivity index (χ2v) is 7.17. The van der Waals surface area contributed by atoms with Crippen LogP contribution in [0.25, 0.3) is 0 Å². The molecular weight excluding hydrogens is 367 g/mol. The lowest BCUT2D eigenvalue weighted by atomic mass is 10.3.